The van der Waals surface area contributed by atoms with Gasteiger partial charge in [-0.1, -0.05) is 65.8 Å². The van der Waals surface area contributed by atoms with Gasteiger partial charge in [-0.05, 0) is 0 Å². The lowest BCUT2D eigenvalue weighted by Gasteiger charge is -2.27. The molecule has 0 atom stereocenters. The van der Waals surface area contributed by atoms with Gasteiger partial charge in [0, 0.05) is 17.5 Å². The van der Waals surface area contributed by atoms with Gasteiger partial charge in [0.15, 0.2) is 5.60 Å². The molecule has 1 N–H and O–H groups in total. The molecule has 3 nitrogen and oxygen atoms in total. The maximum atomic E-state index is 9.28. The van der Waals surface area contributed by atoms with E-state index < -0.39 is 5.60 Å². The van der Waals surface area contributed by atoms with Crippen molar-refractivity contribution in [3.05, 3.63) is 71.8 Å². The maximum absolute atomic E-state index is 9.28. The van der Waals surface area contributed by atoms with E-state index >= 15 is 0 Å². The zero-order chi connectivity index (χ0) is 13.1. The number of aliphatic hydroxyl groups excluding tert-OH is 1. The molecule has 0 saturated carbocycles. The Morgan fingerprint density at radius 1 is 0.947 bits per heavy atom. The van der Waals surface area contributed by atoms with Crippen molar-refractivity contribution in [2.75, 3.05) is 6.61 Å². The molecular weight excluding hydrogens is 238 g/mol. The Morgan fingerprint density at radius 2 is 1.47 bits per heavy atom. The molecule has 96 valence electrons. The number of hydrogen-bond donors (Lipinski definition) is 1. The minimum absolute atomic E-state index is 0.0680. The summed E-state index contributed by atoms with van der Waals surface area (Å²) in [6.07, 6.45) is 0.581. The Balaban J connectivity index is 2.08. The Labute approximate surface area is 112 Å². The lowest BCUT2D eigenvalue weighted by molar-refractivity contribution is 0.0112. The van der Waals surface area contributed by atoms with Gasteiger partial charge in [-0.15, -0.1) is 0 Å². The second kappa shape index (κ2) is 4.86. The molecule has 0 amide bonds. The molecule has 0 spiro atoms. The van der Waals surface area contributed by atoms with E-state index in [1.165, 1.54) is 0 Å². The first kappa shape index (κ1) is 11.9. The van der Waals surface area contributed by atoms with Crippen molar-refractivity contribution in [1.29, 1.82) is 0 Å². The van der Waals surface area contributed by atoms with E-state index in [1.54, 1.807) is 0 Å². The highest BCUT2D eigenvalue weighted by atomic mass is 16.7. The first-order chi connectivity index (χ1) is 9.35. The summed E-state index contributed by atoms with van der Waals surface area (Å²) in [5.41, 5.74) is 2.16. The van der Waals surface area contributed by atoms with E-state index in [0.29, 0.717) is 12.1 Å². The van der Waals surface area contributed by atoms with Gasteiger partial charge in [-0.25, -0.2) is 0 Å². The van der Waals surface area contributed by atoms with Crippen molar-refractivity contribution >= 4 is 5.71 Å². The van der Waals surface area contributed by atoms with E-state index in [9.17, 15) is 5.11 Å². The third kappa shape index (κ3) is 2.02. The Kier molecular flexibility index (Phi) is 3.05. The number of hydrogen-bond acceptors (Lipinski definition) is 3. The monoisotopic (exact) mass is 253 g/mol. The molecule has 1 aliphatic heterocycles. The Bertz CT molecular complexity index is 539. The van der Waals surface area contributed by atoms with Crippen molar-refractivity contribution in [3.8, 4) is 0 Å². The number of oxime groups is 1. The first-order valence-corrected chi connectivity index (χ1v) is 6.31. The fraction of sp³-hybridized carbons (Fsp3) is 0.188. The summed E-state index contributed by atoms with van der Waals surface area (Å²) in [6, 6.07) is 20.0. The molecule has 3 rings (SSSR count). The van der Waals surface area contributed by atoms with Crippen molar-refractivity contribution in [3.63, 3.8) is 0 Å². The molecule has 0 unspecified atom stereocenters. The normalized spacial score (nSPS) is 16.8. The highest BCUT2D eigenvalue weighted by Gasteiger charge is 2.42. The van der Waals surface area contributed by atoms with Crippen LogP contribution in [0.25, 0.3) is 0 Å². The minimum Gasteiger partial charge on any atom is -0.390 e. The van der Waals surface area contributed by atoms with Crippen LogP contribution in [-0.2, 0) is 10.4 Å². The van der Waals surface area contributed by atoms with Gasteiger partial charge in [-0.2, -0.15) is 0 Å². The lowest BCUT2D eigenvalue weighted by atomic mass is 9.82. The summed E-state index contributed by atoms with van der Waals surface area (Å²) in [6.45, 7) is -0.0680. The highest BCUT2D eigenvalue weighted by Crippen LogP contribution is 2.40. The molecule has 0 saturated heterocycles. The summed E-state index contributed by atoms with van der Waals surface area (Å²) in [4.78, 5) is 5.74. The molecule has 1 heterocycles. The summed E-state index contributed by atoms with van der Waals surface area (Å²) in [5.74, 6) is 0. The van der Waals surface area contributed by atoms with E-state index in [4.69, 9.17) is 4.84 Å². The van der Waals surface area contributed by atoms with Crippen LogP contribution in [0.1, 0.15) is 17.5 Å². The van der Waals surface area contributed by atoms with E-state index in [1.807, 2.05) is 60.7 Å². The van der Waals surface area contributed by atoms with Crippen LogP contribution in [0, 0.1) is 0 Å². The summed E-state index contributed by atoms with van der Waals surface area (Å²) < 4.78 is 0. The van der Waals surface area contributed by atoms with Crippen molar-refractivity contribution < 1.29 is 9.94 Å². The van der Waals surface area contributed by atoms with E-state index in [2.05, 4.69) is 5.16 Å². The molecule has 0 fully saturated rings. The average molecular weight is 253 g/mol. The van der Waals surface area contributed by atoms with E-state index in [0.717, 1.165) is 11.1 Å². The quantitative estimate of drug-likeness (QED) is 0.913. The van der Waals surface area contributed by atoms with Crippen molar-refractivity contribution in [2.24, 2.45) is 5.16 Å². The van der Waals surface area contributed by atoms with Gasteiger partial charge in [0.1, 0.15) is 0 Å². The van der Waals surface area contributed by atoms with Crippen LogP contribution >= 0.6 is 0 Å². The molecule has 0 aromatic heterocycles. The maximum Gasteiger partial charge on any atom is 0.193 e. The number of rotatable bonds is 3. The van der Waals surface area contributed by atoms with Crippen LogP contribution in [0.15, 0.2) is 65.8 Å². The van der Waals surface area contributed by atoms with Gasteiger partial charge in [0.2, 0.25) is 0 Å². The third-order valence-corrected chi connectivity index (χ3v) is 3.45. The van der Waals surface area contributed by atoms with Crippen LogP contribution in [0.2, 0.25) is 0 Å². The molecule has 3 heteroatoms. The molecular formula is C16H15NO2. The molecule has 0 bridgehead atoms. The SMILES string of the molecule is OCC1=NOC(c2ccccc2)(c2ccccc2)C1. The van der Waals surface area contributed by atoms with Crippen LogP contribution in [0.3, 0.4) is 0 Å². The lowest BCUT2D eigenvalue weighted by Crippen LogP contribution is -2.28. The van der Waals surface area contributed by atoms with Crippen LogP contribution in [0.5, 0.6) is 0 Å². The first-order valence-electron chi connectivity index (χ1n) is 6.31. The smallest absolute Gasteiger partial charge is 0.193 e. The molecule has 19 heavy (non-hydrogen) atoms. The zero-order valence-electron chi connectivity index (χ0n) is 10.5. The topological polar surface area (TPSA) is 41.8 Å². The Hall–Kier alpha value is -2.13. The standard InChI is InChI=1S/C16H15NO2/c18-12-15-11-16(19-17-15,13-7-3-1-4-8-13)14-9-5-2-6-10-14/h1-10,18H,11-12H2. The van der Waals surface area contributed by atoms with Gasteiger partial charge in [-0.3, -0.25) is 0 Å². The Morgan fingerprint density at radius 3 is 1.89 bits per heavy atom. The molecule has 0 radical (unpaired) electrons. The second-order valence-electron chi connectivity index (χ2n) is 4.64. The fourth-order valence-corrected chi connectivity index (χ4v) is 2.47. The van der Waals surface area contributed by atoms with Gasteiger partial charge in [0.25, 0.3) is 0 Å². The minimum atomic E-state index is -0.611. The fourth-order valence-electron chi connectivity index (χ4n) is 2.47. The van der Waals surface area contributed by atoms with Gasteiger partial charge < -0.3 is 9.94 Å². The third-order valence-electron chi connectivity index (χ3n) is 3.45. The number of aliphatic hydroxyl groups is 1. The van der Waals surface area contributed by atoms with Gasteiger partial charge >= 0.3 is 0 Å². The average Bonchev–Trinajstić information content (AvgIpc) is 2.95. The zero-order valence-corrected chi connectivity index (χ0v) is 10.5. The highest BCUT2D eigenvalue weighted by molar-refractivity contribution is 5.88. The number of benzene rings is 2. The molecule has 1 aliphatic rings. The van der Waals surface area contributed by atoms with E-state index in [-0.39, 0.29) is 6.61 Å². The summed E-state index contributed by atoms with van der Waals surface area (Å²) >= 11 is 0. The van der Waals surface area contributed by atoms with Crippen LogP contribution < -0.4 is 0 Å². The predicted octanol–water partition coefficient (Wildman–Crippen LogP) is 2.70. The molecule has 2 aromatic rings. The summed E-state index contributed by atoms with van der Waals surface area (Å²) in [5, 5.41) is 13.3. The second-order valence-corrected chi connectivity index (χ2v) is 4.64. The van der Waals surface area contributed by atoms with Gasteiger partial charge in [0.05, 0.1) is 12.3 Å². The summed E-state index contributed by atoms with van der Waals surface area (Å²) in [7, 11) is 0. The van der Waals surface area contributed by atoms with Crippen LogP contribution in [-0.4, -0.2) is 17.4 Å². The van der Waals surface area contributed by atoms with Crippen molar-refractivity contribution in [2.45, 2.75) is 12.0 Å². The predicted molar refractivity (Wildman–Crippen MR) is 73.9 cm³/mol. The molecule has 2 aromatic carbocycles. The molecule has 0 aliphatic carbocycles. The van der Waals surface area contributed by atoms with Crippen LogP contribution in [0.4, 0.5) is 0 Å². The van der Waals surface area contributed by atoms with Crippen molar-refractivity contribution in [1.82, 2.24) is 0 Å². The largest absolute Gasteiger partial charge is 0.390 e. The number of nitrogens with zero attached hydrogens (tertiary/aromatic N) is 1.